The van der Waals surface area contributed by atoms with Crippen LogP contribution in [-0.2, 0) is 0 Å². The number of nitrogens with one attached hydrogen (secondary N) is 1. The highest BCUT2D eigenvalue weighted by Gasteiger charge is 2.30. The molecule has 2 aliphatic rings. The average molecular weight is 428 g/mol. The van der Waals surface area contributed by atoms with Gasteiger partial charge in [0.15, 0.2) is 0 Å². The Morgan fingerprint density at radius 3 is 2.44 bits per heavy atom. The van der Waals surface area contributed by atoms with E-state index >= 15 is 0 Å². The predicted octanol–water partition coefficient (Wildman–Crippen LogP) is 5.48. The maximum absolute atomic E-state index is 5.00. The van der Waals surface area contributed by atoms with Gasteiger partial charge >= 0.3 is 0 Å². The Hall–Kier alpha value is -3.08. The van der Waals surface area contributed by atoms with Gasteiger partial charge in [-0.05, 0) is 74.6 Å². The van der Waals surface area contributed by atoms with Gasteiger partial charge in [0.1, 0.15) is 0 Å². The third-order valence-corrected chi connectivity index (χ3v) is 6.82. The maximum atomic E-state index is 5.00. The zero-order valence-corrected chi connectivity index (χ0v) is 19.6. The predicted molar refractivity (Wildman–Crippen MR) is 134 cm³/mol. The first-order chi connectivity index (χ1) is 15.4. The Balaban J connectivity index is 1.38. The van der Waals surface area contributed by atoms with Gasteiger partial charge in [-0.25, -0.2) is 9.97 Å². The monoisotopic (exact) mass is 427 g/mol. The molecule has 1 N–H and O–H groups in total. The van der Waals surface area contributed by atoms with Crippen molar-refractivity contribution in [3.8, 4) is 11.3 Å². The molecule has 1 atom stereocenters. The number of fused-ring (bicyclic) bond motifs is 1. The number of aryl methyl sites for hydroxylation is 1. The van der Waals surface area contributed by atoms with E-state index in [9.17, 15) is 0 Å². The molecule has 2 aromatic carbocycles. The minimum absolute atomic E-state index is 0.129. The lowest BCUT2D eigenvalue weighted by Gasteiger charge is -2.38. The topological polar surface area (TPSA) is 44.3 Å². The standard InChI is InChI=1S/C27H33N5/c1-19-16-25-23(20(2)18-27(3,4)30-25)17-22(19)24-10-11-28-26(29-24)32-14-12-31(13-15-32)21-8-6-5-7-9-21/h5-11,16-17,20,30H,12-15,18H2,1-4H3/t20-/m0/s1. The molecule has 0 amide bonds. The highest BCUT2D eigenvalue weighted by molar-refractivity contribution is 5.72. The second kappa shape index (κ2) is 8.12. The van der Waals surface area contributed by atoms with E-state index in [0.29, 0.717) is 5.92 Å². The number of piperazine rings is 1. The van der Waals surface area contributed by atoms with Crippen LogP contribution < -0.4 is 15.1 Å². The van der Waals surface area contributed by atoms with Crippen LogP contribution in [-0.4, -0.2) is 41.7 Å². The van der Waals surface area contributed by atoms with Gasteiger partial charge in [0.05, 0.1) is 5.69 Å². The van der Waals surface area contributed by atoms with Crippen LogP contribution in [0, 0.1) is 6.92 Å². The van der Waals surface area contributed by atoms with E-state index in [2.05, 4.69) is 90.3 Å². The Morgan fingerprint density at radius 1 is 0.969 bits per heavy atom. The van der Waals surface area contributed by atoms with Gasteiger partial charge in [0.25, 0.3) is 0 Å². The second-order valence-corrected chi connectivity index (χ2v) is 9.92. The minimum atomic E-state index is 0.129. The van der Waals surface area contributed by atoms with Crippen molar-refractivity contribution < 1.29 is 0 Å². The third-order valence-electron chi connectivity index (χ3n) is 6.82. The Morgan fingerprint density at radius 2 is 1.69 bits per heavy atom. The van der Waals surface area contributed by atoms with Crippen molar-refractivity contribution in [2.45, 2.75) is 45.6 Å². The van der Waals surface area contributed by atoms with Gasteiger partial charge in [-0.3, -0.25) is 0 Å². The molecule has 2 aliphatic heterocycles. The summed E-state index contributed by atoms with van der Waals surface area (Å²) in [6, 6.07) is 17.3. The van der Waals surface area contributed by atoms with Crippen molar-refractivity contribution >= 4 is 17.3 Å². The van der Waals surface area contributed by atoms with Crippen molar-refractivity contribution in [3.63, 3.8) is 0 Å². The van der Waals surface area contributed by atoms with E-state index in [1.165, 1.54) is 28.1 Å². The van der Waals surface area contributed by atoms with E-state index in [4.69, 9.17) is 4.98 Å². The van der Waals surface area contributed by atoms with Crippen molar-refractivity contribution in [3.05, 3.63) is 65.9 Å². The quantitative estimate of drug-likeness (QED) is 0.600. The van der Waals surface area contributed by atoms with Crippen LogP contribution in [0.25, 0.3) is 11.3 Å². The van der Waals surface area contributed by atoms with Crippen LogP contribution in [0.4, 0.5) is 17.3 Å². The lowest BCUT2D eigenvalue weighted by Crippen LogP contribution is -2.47. The number of para-hydroxylation sites is 1. The van der Waals surface area contributed by atoms with Crippen LogP contribution in [0.3, 0.4) is 0 Å². The number of rotatable bonds is 3. The molecule has 0 aliphatic carbocycles. The molecule has 32 heavy (non-hydrogen) atoms. The molecule has 0 radical (unpaired) electrons. The summed E-state index contributed by atoms with van der Waals surface area (Å²) in [6.07, 6.45) is 3.04. The summed E-state index contributed by atoms with van der Waals surface area (Å²) in [5.74, 6) is 1.35. The summed E-state index contributed by atoms with van der Waals surface area (Å²) in [4.78, 5) is 14.4. The first-order valence-corrected chi connectivity index (χ1v) is 11.7. The largest absolute Gasteiger partial charge is 0.380 e. The Kier molecular flexibility index (Phi) is 5.28. The maximum Gasteiger partial charge on any atom is 0.225 e. The summed E-state index contributed by atoms with van der Waals surface area (Å²) in [5, 5.41) is 3.72. The highest BCUT2D eigenvalue weighted by atomic mass is 15.3. The molecule has 0 saturated carbocycles. The van der Waals surface area contributed by atoms with Gasteiger partial charge < -0.3 is 15.1 Å². The summed E-state index contributed by atoms with van der Waals surface area (Å²) < 4.78 is 0. The zero-order valence-electron chi connectivity index (χ0n) is 19.6. The van der Waals surface area contributed by atoms with Crippen molar-refractivity contribution in [1.82, 2.24) is 9.97 Å². The van der Waals surface area contributed by atoms with E-state index in [1.54, 1.807) is 0 Å². The van der Waals surface area contributed by atoms with Crippen molar-refractivity contribution in [2.75, 3.05) is 41.3 Å². The van der Waals surface area contributed by atoms with E-state index in [-0.39, 0.29) is 5.54 Å². The molecule has 5 nitrogen and oxygen atoms in total. The average Bonchev–Trinajstić information content (AvgIpc) is 2.79. The normalized spacial score (nSPS) is 19.9. The zero-order chi connectivity index (χ0) is 22.3. The van der Waals surface area contributed by atoms with Crippen LogP contribution in [0.1, 0.15) is 44.2 Å². The molecule has 3 heterocycles. The summed E-state index contributed by atoms with van der Waals surface area (Å²) in [7, 11) is 0. The number of hydrogen-bond acceptors (Lipinski definition) is 5. The number of benzene rings is 2. The van der Waals surface area contributed by atoms with Gasteiger partial charge in [-0.2, -0.15) is 0 Å². The summed E-state index contributed by atoms with van der Waals surface area (Å²) in [6.45, 7) is 12.9. The summed E-state index contributed by atoms with van der Waals surface area (Å²) >= 11 is 0. The van der Waals surface area contributed by atoms with Gasteiger partial charge in [0.2, 0.25) is 5.95 Å². The molecular formula is C27H33N5. The molecule has 1 saturated heterocycles. The van der Waals surface area contributed by atoms with Crippen LogP contribution in [0.5, 0.6) is 0 Å². The molecule has 5 heteroatoms. The second-order valence-electron chi connectivity index (χ2n) is 9.92. The molecule has 0 bridgehead atoms. The molecule has 0 spiro atoms. The molecule has 1 fully saturated rings. The van der Waals surface area contributed by atoms with E-state index < -0.39 is 0 Å². The van der Waals surface area contributed by atoms with Crippen LogP contribution in [0.15, 0.2) is 54.7 Å². The first-order valence-electron chi connectivity index (χ1n) is 11.7. The lowest BCUT2D eigenvalue weighted by molar-refractivity contribution is 0.454. The SMILES string of the molecule is Cc1cc2c(cc1-c1ccnc(N3CCN(c4ccccc4)CC3)n1)[C@@H](C)CC(C)(C)N2. The number of aromatic nitrogens is 2. The molecule has 5 rings (SSSR count). The smallest absolute Gasteiger partial charge is 0.225 e. The van der Waals surface area contributed by atoms with Crippen LogP contribution >= 0.6 is 0 Å². The molecule has 166 valence electrons. The lowest BCUT2D eigenvalue weighted by atomic mass is 9.80. The van der Waals surface area contributed by atoms with Crippen molar-refractivity contribution in [1.29, 1.82) is 0 Å². The van der Waals surface area contributed by atoms with E-state index in [0.717, 1.165) is 44.2 Å². The fourth-order valence-electron chi connectivity index (χ4n) is 5.26. The van der Waals surface area contributed by atoms with Gasteiger partial charge in [0, 0.05) is 54.9 Å². The molecule has 1 aromatic heterocycles. The van der Waals surface area contributed by atoms with Gasteiger partial charge in [-0.15, -0.1) is 0 Å². The number of hydrogen-bond donors (Lipinski definition) is 1. The fourth-order valence-corrected chi connectivity index (χ4v) is 5.26. The minimum Gasteiger partial charge on any atom is -0.380 e. The molecular weight excluding hydrogens is 394 g/mol. The van der Waals surface area contributed by atoms with Crippen molar-refractivity contribution in [2.24, 2.45) is 0 Å². The van der Waals surface area contributed by atoms with E-state index in [1.807, 2.05) is 12.3 Å². The highest BCUT2D eigenvalue weighted by Crippen LogP contribution is 2.41. The fraction of sp³-hybridized carbons (Fsp3) is 0.407. The Bertz CT molecular complexity index is 1100. The Labute approximate surface area is 191 Å². The number of anilines is 3. The summed E-state index contributed by atoms with van der Waals surface area (Å²) in [5.41, 5.74) is 7.55. The van der Waals surface area contributed by atoms with Gasteiger partial charge in [-0.1, -0.05) is 25.1 Å². The number of nitrogens with zero attached hydrogens (tertiary/aromatic N) is 4. The first kappa shape index (κ1) is 20.8. The molecule has 0 unspecified atom stereocenters. The molecule has 3 aromatic rings. The third kappa shape index (κ3) is 4.04. The van der Waals surface area contributed by atoms with Crippen LogP contribution in [0.2, 0.25) is 0 Å².